The van der Waals surface area contributed by atoms with Crippen LogP contribution in [0.1, 0.15) is 38.7 Å². The summed E-state index contributed by atoms with van der Waals surface area (Å²) >= 11 is 0. The predicted molar refractivity (Wildman–Crippen MR) is 77.3 cm³/mol. The van der Waals surface area contributed by atoms with Crippen LogP contribution in [0.5, 0.6) is 5.75 Å². The fourth-order valence-electron chi connectivity index (χ4n) is 3.02. The molecule has 0 aliphatic carbocycles. The summed E-state index contributed by atoms with van der Waals surface area (Å²) in [6.07, 6.45) is 3.59. The lowest BCUT2D eigenvalue weighted by Gasteiger charge is -2.42. The van der Waals surface area contributed by atoms with Gasteiger partial charge in [0.15, 0.2) is 0 Å². The summed E-state index contributed by atoms with van der Waals surface area (Å²) < 4.78 is 0. The molecular weight excluding hydrogens is 238 g/mol. The molecule has 3 nitrogen and oxygen atoms in total. The summed E-state index contributed by atoms with van der Waals surface area (Å²) in [6, 6.07) is 7.19. The number of phenolic OH excluding ortho intramolecular Hbond substituents is 1. The molecule has 1 aliphatic rings. The molecule has 1 aliphatic heterocycles. The number of hydrogen-bond donors (Lipinski definition) is 2. The molecule has 2 atom stereocenters. The summed E-state index contributed by atoms with van der Waals surface area (Å²) in [5.41, 5.74) is 0.827. The molecule has 0 saturated carbocycles. The molecule has 19 heavy (non-hydrogen) atoms. The molecule has 2 unspecified atom stereocenters. The second-order valence-corrected chi connectivity index (χ2v) is 5.79. The van der Waals surface area contributed by atoms with Gasteiger partial charge in [0.2, 0.25) is 0 Å². The largest absolute Gasteiger partial charge is 0.508 e. The topological polar surface area (TPSA) is 43.7 Å². The molecule has 0 radical (unpaired) electrons. The fraction of sp³-hybridized carbons (Fsp3) is 0.625. The zero-order valence-corrected chi connectivity index (χ0v) is 12.0. The van der Waals surface area contributed by atoms with E-state index in [2.05, 4.69) is 18.7 Å². The highest BCUT2D eigenvalue weighted by Gasteiger charge is 2.38. The van der Waals surface area contributed by atoms with Crippen LogP contribution in [0.2, 0.25) is 0 Å². The first kappa shape index (κ1) is 14.4. The summed E-state index contributed by atoms with van der Waals surface area (Å²) in [5.74, 6) is 0.268. The van der Waals surface area contributed by atoms with Crippen molar-refractivity contribution in [2.75, 3.05) is 13.1 Å². The Morgan fingerprint density at radius 1 is 1.32 bits per heavy atom. The third-order valence-corrected chi connectivity index (χ3v) is 4.60. The van der Waals surface area contributed by atoms with Crippen LogP contribution in [-0.2, 0) is 6.42 Å². The van der Waals surface area contributed by atoms with Crippen LogP contribution in [-0.4, -0.2) is 39.8 Å². The molecule has 1 aromatic rings. The van der Waals surface area contributed by atoms with Crippen molar-refractivity contribution in [1.29, 1.82) is 0 Å². The lowest BCUT2D eigenvalue weighted by Crippen LogP contribution is -2.53. The van der Waals surface area contributed by atoms with Gasteiger partial charge in [0, 0.05) is 12.0 Å². The van der Waals surface area contributed by atoms with Crippen LogP contribution in [0.25, 0.3) is 0 Å². The maximum Gasteiger partial charge on any atom is 0.115 e. The van der Waals surface area contributed by atoms with Gasteiger partial charge in [-0.3, -0.25) is 4.90 Å². The number of rotatable bonds is 5. The van der Waals surface area contributed by atoms with Crippen molar-refractivity contribution in [3.8, 4) is 5.75 Å². The van der Waals surface area contributed by atoms with E-state index in [-0.39, 0.29) is 11.3 Å². The normalized spacial score (nSPS) is 21.2. The van der Waals surface area contributed by atoms with Gasteiger partial charge >= 0.3 is 0 Å². The molecule has 0 aromatic heterocycles. The van der Waals surface area contributed by atoms with Crippen LogP contribution in [0.15, 0.2) is 24.3 Å². The van der Waals surface area contributed by atoms with Crippen molar-refractivity contribution in [3.63, 3.8) is 0 Å². The molecule has 2 rings (SSSR count). The van der Waals surface area contributed by atoms with E-state index >= 15 is 0 Å². The third kappa shape index (κ3) is 3.10. The van der Waals surface area contributed by atoms with E-state index in [1.165, 1.54) is 12.8 Å². The van der Waals surface area contributed by atoms with Crippen LogP contribution in [0.4, 0.5) is 0 Å². The Kier molecular flexibility index (Phi) is 4.48. The molecule has 1 aromatic carbocycles. The second-order valence-electron chi connectivity index (χ2n) is 5.79. The van der Waals surface area contributed by atoms with Crippen LogP contribution >= 0.6 is 0 Å². The van der Waals surface area contributed by atoms with Gasteiger partial charge < -0.3 is 10.2 Å². The first-order valence-electron chi connectivity index (χ1n) is 7.27. The number of benzene rings is 1. The Labute approximate surface area is 115 Å². The van der Waals surface area contributed by atoms with E-state index in [4.69, 9.17) is 0 Å². The highest BCUT2D eigenvalue weighted by atomic mass is 16.3. The number of aliphatic hydroxyl groups is 1. The fourth-order valence-corrected chi connectivity index (χ4v) is 3.02. The number of aliphatic hydroxyl groups excluding tert-OH is 1. The molecule has 106 valence electrons. The van der Waals surface area contributed by atoms with Crippen molar-refractivity contribution in [2.24, 2.45) is 0 Å². The van der Waals surface area contributed by atoms with Crippen molar-refractivity contribution in [2.45, 2.75) is 51.2 Å². The smallest absolute Gasteiger partial charge is 0.115 e. The molecule has 1 saturated heterocycles. The van der Waals surface area contributed by atoms with Gasteiger partial charge in [0.1, 0.15) is 5.75 Å². The molecule has 2 N–H and O–H groups in total. The van der Waals surface area contributed by atoms with Gasteiger partial charge in [-0.05, 0) is 57.0 Å². The Balaban J connectivity index is 2.09. The lowest BCUT2D eigenvalue weighted by atomic mass is 9.86. The Morgan fingerprint density at radius 2 is 2.00 bits per heavy atom. The molecule has 0 spiro atoms. The Hall–Kier alpha value is -1.06. The van der Waals surface area contributed by atoms with Crippen molar-refractivity contribution in [1.82, 2.24) is 4.90 Å². The quantitative estimate of drug-likeness (QED) is 0.858. The van der Waals surface area contributed by atoms with E-state index in [0.29, 0.717) is 6.42 Å². The predicted octanol–water partition coefficient (Wildman–Crippen LogP) is 2.56. The third-order valence-electron chi connectivity index (χ3n) is 4.60. The monoisotopic (exact) mass is 263 g/mol. The molecule has 1 fully saturated rings. The Bertz CT molecular complexity index is 415. The van der Waals surface area contributed by atoms with E-state index < -0.39 is 6.10 Å². The maximum absolute atomic E-state index is 10.6. The average molecular weight is 263 g/mol. The Morgan fingerprint density at radius 3 is 2.58 bits per heavy atom. The van der Waals surface area contributed by atoms with Crippen LogP contribution in [0.3, 0.4) is 0 Å². The van der Waals surface area contributed by atoms with Gasteiger partial charge in [-0.2, -0.15) is 0 Å². The van der Waals surface area contributed by atoms with E-state index in [9.17, 15) is 10.2 Å². The minimum Gasteiger partial charge on any atom is -0.508 e. The molecule has 1 heterocycles. The van der Waals surface area contributed by atoms with Crippen molar-refractivity contribution < 1.29 is 10.2 Å². The van der Waals surface area contributed by atoms with Crippen LogP contribution < -0.4 is 0 Å². The van der Waals surface area contributed by atoms with E-state index in [1.807, 2.05) is 12.1 Å². The number of likely N-dealkylation sites (tertiary alicyclic amines) is 1. The van der Waals surface area contributed by atoms with Gasteiger partial charge in [-0.1, -0.05) is 19.1 Å². The molecular formula is C16H25NO2. The second kappa shape index (κ2) is 5.93. The summed E-state index contributed by atoms with van der Waals surface area (Å²) in [5, 5.41) is 20.2. The standard InChI is InChI=1S/C16H25NO2/c1-3-16(2,17-9-4-5-10-17)15(19)12-13-7-6-8-14(18)11-13/h6-8,11,15,18-19H,3-5,9-10,12H2,1-2H3. The number of hydrogen-bond acceptors (Lipinski definition) is 3. The summed E-state index contributed by atoms with van der Waals surface area (Å²) in [4.78, 5) is 2.42. The van der Waals surface area contributed by atoms with E-state index in [1.54, 1.807) is 12.1 Å². The van der Waals surface area contributed by atoms with Crippen molar-refractivity contribution >= 4 is 0 Å². The number of aromatic hydroxyl groups is 1. The molecule has 0 bridgehead atoms. The molecule has 3 heteroatoms. The SMILES string of the molecule is CCC(C)(C(O)Cc1cccc(O)c1)N1CCCC1. The highest BCUT2D eigenvalue weighted by Crippen LogP contribution is 2.30. The zero-order valence-electron chi connectivity index (χ0n) is 12.0. The minimum absolute atomic E-state index is 0.165. The van der Waals surface area contributed by atoms with Crippen molar-refractivity contribution in [3.05, 3.63) is 29.8 Å². The van der Waals surface area contributed by atoms with Gasteiger partial charge in [-0.25, -0.2) is 0 Å². The van der Waals surface area contributed by atoms with Gasteiger partial charge in [0.25, 0.3) is 0 Å². The highest BCUT2D eigenvalue weighted by molar-refractivity contribution is 5.28. The number of nitrogens with zero attached hydrogens (tertiary/aromatic N) is 1. The van der Waals surface area contributed by atoms with Crippen LogP contribution in [0, 0.1) is 0 Å². The maximum atomic E-state index is 10.6. The lowest BCUT2D eigenvalue weighted by molar-refractivity contribution is -0.0117. The molecule has 0 amide bonds. The summed E-state index contributed by atoms with van der Waals surface area (Å²) in [7, 11) is 0. The number of phenols is 1. The first-order chi connectivity index (χ1) is 9.06. The van der Waals surface area contributed by atoms with Gasteiger partial charge in [-0.15, -0.1) is 0 Å². The van der Waals surface area contributed by atoms with E-state index in [0.717, 1.165) is 25.1 Å². The minimum atomic E-state index is -0.405. The zero-order chi connectivity index (χ0) is 13.9. The van der Waals surface area contributed by atoms with Gasteiger partial charge in [0.05, 0.1) is 6.10 Å². The first-order valence-corrected chi connectivity index (χ1v) is 7.27. The summed E-state index contributed by atoms with van der Waals surface area (Å²) in [6.45, 7) is 6.47. The average Bonchev–Trinajstić information content (AvgIpc) is 2.92.